The van der Waals surface area contributed by atoms with Gasteiger partial charge in [-0.3, -0.25) is 0 Å². The maximum absolute atomic E-state index is 3.35. The van der Waals surface area contributed by atoms with Crippen molar-refractivity contribution in [3.63, 3.8) is 0 Å². The molecule has 1 rings (SSSR count). The molecule has 1 N–H and O–H groups in total. The molecule has 1 aliphatic heterocycles. The highest BCUT2D eigenvalue weighted by Gasteiger charge is 2.18. The molecule has 1 heterocycles. The second-order valence-corrected chi connectivity index (χ2v) is 3.47. The summed E-state index contributed by atoms with van der Waals surface area (Å²) >= 11 is 0. The smallest absolute Gasteiger partial charge is 0.0576 e. The van der Waals surface area contributed by atoms with Gasteiger partial charge < -0.3 is 10.2 Å². The van der Waals surface area contributed by atoms with Gasteiger partial charge in [0.25, 0.3) is 0 Å². The predicted molar refractivity (Wildman–Crippen MR) is 51.9 cm³/mol. The Hall–Kier alpha value is -0.520. The minimum Gasteiger partial charge on any atom is -0.306 e. The Morgan fingerprint density at radius 1 is 1.58 bits per heavy atom. The van der Waals surface area contributed by atoms with E-state index in [1.165, 1.54) is 19.5 Å². The summed E-state index contributed by atoms with van der Waals surface area (Å²) in [6, 6.07) is 0. The summed E-state index contributed by atoms with van der Waals surface area (Å²) in [5.41, 5.74) is 0. The van der Waals surface area contributed by atoms with Crippen LogP contribution >= 0.6 is 0 Å². The molecule has 0 spiro atoms. The zero-order chi connectivity index (χ0) is 8.81. The maximum atomic E-state index is 3.35. The van der Waals surface area contributed by atoms with Crippen LogP contribution in [0.3, 0.4) is 0 Å². The Bertz CT molecular complexity index is 178. The van der Waals surface area contributed by atoms with Crippen molar-refractivity contribution >= 4 is 0 Å². The zero-order valence-corrected chi connectivity index (χ0v) is 8.06. The molecule has 0 aromatic carbocycles. The predicted octanol–water partition coefficient (Wildman–Crippen LogP) is 0.551. The van der Waals surface area contributed by atoms with E-state index in [4.69, 9.17) is 0 Å². The average molecular weight is 166 g/mol. The third-order valence-corrected chi connectivity index (χ3v) is 2.31. The van der Waals surface area contributed by atoms with Gasteiger partial charge >= 0.3 is 0 Å². The van der Waals surface area contributed by atoms with E-state index < -0.39 is 0 Å². The van der Waals surface area contributed by atoms with Crippen molar-refractivity contribution in [3.8, 4) is 11.8 Å². The first-order chi connectivity index (χ1) is 5.83. The van der Waals surface area contributed by atoms with E-state index in [0.29, 0.717) is 0 Å². The van der Waals surface area contributed by atoms with E-state index >= 15 is 0 Å². The minimum absolute atomic E-state index is 0.841. The zero-order valence-electron chi connectivity index (χ0n) is 8.06. The number of hydrogen-bond acceptors (Lipinski definition) is 2. The molecular weight excluding hydrogens is 148 g/mol. The van der Waals surface area contributed by atoms with Gasteiger partial charge in [-0.25, -0.2) is 0 Å². The van der Waals surface area contributed by atoms with Crippen molar-refractivity contribution in [1.29, 1.82) is 0 Å². The molecular formula is C10H18N2. The van der Waals surface area contributed by atoms with Crippen LogP contribution in [0.5, 0.6) is 0 Å². The number of nitrogens with zero attached hydrogens (tertiary/aromatic N) is 1. The van der Waals surface area contributed by atoms with Crippen LogP contribution < -0.4 is 5.32 Å². The summed E-state index contributed by atoms with van der Waals surface area (Å²) in [5.74, 6) is 6.73. The van der Waals surface area contributed by atoms with Crippen LogP contribution in [0, 0.1) is 17.8 Å². The van der Waals surface area contributed by atoms with Gasteiger partial charge in [0, 0.05) is 13.1 Å². The molecule has 12 heavy (non-hydrogen) atoms. The Morgan fingerprint density at radius 2 is 2.42 bits per heavy atom. The molecule has 1 saturated heterocycles. The lowest BCUT2D eigenvalue weighted by atomic mass is 10.1. The SMILES string of the molecule is CC#CCNCC1CCN(C)C1. The molecule has 0 aromatic heterocycles. The molecule has 1 unspecified atom stereocenters. The van der Waals surface area contributed by atoms with E-state index in [0.717, 1.165) is 19.0 Å². The van der Waals surface area contributed by atoms with Crippen LogP contribution in [0.1, 0.15) is 13.3 Å². The van der Waals surface area contributed by atoms with E-state index in [2.05, 4.69) is 29.1 Å². The van der Waals surface area contributed by atoms with Crippen molar-refractivity contribution < 1.29 is 0 Å². The van der Waals surface area contributed by atoms with Crippen molar-refractivity contribution in [2.24, 2.45) is 5.92 Å². The summed E-state index contributed by atoms with van der Waals surface area (Å²) in [6.45, 7) is 6.35. The van der Waals surface area contributed by atoms with Crippen molar-refractivity contribution in [2.45, 2.75) is 13.3 Å². The van der Waals surface area contributed by atoms with Gasteiger partial charge in [-0.1, -0.05) is 5.92 Å². The molecule has 1 atom stereocenters. The Labute approximate surface area is 75.3 Å². The molecule has 0 bridgehead atoms. The summed E-state index contributed by atoms with van der Waals surface area (Å²) < 4.78 is 0. The summed E-state index contributed by atoms with van der Waals surface area (Å²) in [6.07, 6.45) is 1.34. The summed E-state index contributed by atoms with van der Waals surface area (Å²) in [5, 5.41) is 3.35. The molecule has 0 aliphatic carbocycles. The van der Waals surface area contributed by atoms with Crippen molar-refractivity contribution in [1.82, 2.24) is 10.2 Å². The number of likely N-dealkylation sites (tertiary alicyclic amines) is 1. The van der Waals surface area contributed by atoms with Gasteiger partial charge in [0.1, 0.15) is 0 Å². The first-order valence-corrected chi connectivity index (χ1v) is 4.62. The van der Waals surface area contributed by atoms with Gasteiger partial charge in [0.15, 0.2) is 0 Å². The van der Waals surface area contributed by atoms with Crippen molar-refractivity contribution in [2.75, 3.05) is 33.2 Å². The molecule has 68 valence electrons. The van der Waals surface area contributed by atoms with Gasteiger partial charge in [0.05, 0.1) is 6.54 Å². The molecule has 1 fully saturated rings. The van der Waals surface area contributed by atoms with Crippen LogP contribution in [0.25, 0.3) is 0 Å². The molecule has 1 aliphatic rings. The standard InChI is InChI=1S/C10H18N2/c1-3-4-6-11-8-10-5-7-12(2)9-10/h10-11H,5-9H2,1-2H3. The Morgan fingerprint density at radius 3 is 3.00 bits per heavy atom. The van der Waals surface area contributed by atoms with Crippen LogP contribution in [0.15, 0.2) is 0 Å². The van der Waals surface area contributed by atoms with Crippen LogP contribution in [0.4, 0.5) is 0 Å². The second-order valence-electron chi connectivity index (χ2n) is 3.47. The first-order valence-electron chi connectivity index (χ1n) is 4.62. The van der Waals surface area contributed by atoms with E-state index in [9.17, 15) is 0 Å². The third kappa shape index (κ3) is 3.25. The van der Waals surface area contributed by atoms with E-state index in [1.807, 2.05) is 6.92 Å². The highest BCUT2D eigenvalue weighted by molar-refractivity contribution is 4.97. The number of rotatable bonds is 3. The summed E-state index contributed by atoms with van der Waals surface area (Å²) in [4.78, 5) is 2.39. The lowest BCUT2D eigenvalue weighted by Gasteiger charge is -2.09. The largest absolute Gasteiger partial charge is 0.306 e. The van der Waals surface area contributed by atoms with Gasteiger partial charge in [-0.15, -0.1) is 5.92 Å². The first kappa shape index (κ1) is 9.57. The normalized spacial score (nSPS) is 23.7. The Kier molecular flexibility index (Phi) is 4.13. The molecule has 0 radical (unpaired) electrons. The summed E-state index contributed by atoms with van der Waals surface area (Å²) in [7, 11) is 2.19. The number of hydrogen-bond donors (Lipinski definition) is 1. The van der Waals surface area contributed by atoms with Gasteiger partial charge in [-0.05, 0) is 32.9 Å². The fourth-order valence-electron chi connectivity index (χ4n) is 1.62. The molecule has 0 aromatic rings. The highest BCUT2D eigenvalue weighted by atomic mass is 15.1. The average Bonchev–Trinajstić information content (AvgIpc) is 2.45. The van der Waals surface area contributed by atoms with Gasteiger partial charge in [-0.2, -0.15) is 0 Å². The Balaban J connectivity index is 2.03. The third-order valence-electron chi connectivity index (χ3n) is 2.31. The van der Waals surface area contributed by atoms with Crippen LogP contribution in [-0.2, 0) is 0 Å². The monoisotopic (exact) mass is 166 g/mol. The highest BCUT2D eigenvalue weighted by Crippen LogP contribution is 2.12. The van der Waals surface area contributed by atoms with Crippen molar-refractivity contribution in [3.05, 3.63) is 0 Å². The van der Waals surface area contributed by atoms with E-state index in [-0.39, 0.29) is 0 Å². The lowest BCUT2D eigenvalue weighted by molar-refractivity contribution is 0.390. The maximum Gasteiger partial charge on any atom is 0.0576 e. The van der Waals surface area contributed by atoms with Crippen LogP contribution in [-0.4, -0.2) is 38.1 Å². The fraction of sp³-hybridized carbons (Fsp3) is 0.800. The fourth-order valence-corrected chi connectivity index (χ4v) is 1.62. The second kappa shape index (κ2) is 5.18. The molecule has 0 amide bonds. The van der Waals surface area contributed by atoms with Gasteiger partial charge in [0.2, 0.25) is 0 Å². The van der Waals surface area contributed by atoms with Crippen LogP contribution in [0.2, 0.25) is 0 Å². The lowest BCUT2D eigenvalue weighted by Crippen LogP contribution is -2.25. The quantitative estimate of drug-likeness (QED) is 0.486. The van der Waals surface area contributed by atoms with E-state index in [1.54, 1.807) is 0 Å². The topological polar surface area (TPSA) is 15.3 Å². The number of nitrogens with one attached hydrogen (secondary N) is 1. The molecule has 2 heteroatoms. The molecule has 2 nitrogen and oxygen atoms in total. The molecule has 0 saturated carbocycles. The minimum atomic E-state index is 0.841.